The third-order valence-corrected chi connectivity index (χ3v) is 5.05. The van der Waals surface area contributed by atoms with Gasteiger partial charge in [0.05, 0.1) is 6.04 Å². The molecule has 8 heteroatoms. The van der Waals surface area contributed by atoms with E-state index in [0.29, 0.717) is 17.7 Å². The van der Waals surface area contributed by atoms with Crippen molar-refractivity contribution in [2.75, 3.05) is 6.61 Å². The van der Waals surface area contributed by atoms with E-state index in [1.807, 2.05) is 0 Å². The Morgan fingerprint density at radius 1 is 1.61 bits per heavy atom. The van der Waals surface area contributed by atoms with Gasteiger partial charge in [-0.15, -0.1) is 0 Å². The molecule has 18 heavy (non-hydrogen) atoms. The van der Waals surface area contributed by atoms with Gasteiger partial charge in [-0.1, -0.05) is 0 Å². The van der Waals surface area contributed by atoms with Crippen LogP contribution in [-0.4, -0.2) is 50.1 Å². The van der Waals surface area contributed by atoms with Crippen molar-refractivity contribution in [1.29, 1.82) is 0 Å². The van der Waals surface area contributed by atoms with Crippen molar-refractivity contribution in [2.45, 2.75) is 31.8 Å². The SMILES string of the molecule is CC(=O)OCC1=S(C(=O)O)N2C(=O)C(N)C2CC1. The van der Waals surface area contributed by atoms with Crippen molar-refractivity contribution in [3.8, 4) is 0 Å². The highest BCUT2D eigenvalue weighted by atomic mass is 32.2. The number of β-lactam (4-membered cyclic amide) rings is 1. The summed E-state index contributed by atoms with van der Waals surface area (Å²) in [5, 5.41) is 8.13. The first kappa shape index (κ1) is 13.0. The Kier molecular flexibility index (Phi) is 3.40. The zero-order valence-corrected chi connectivity index (χ0v) is 10.6. The van der Waals surface area contributed by atoms with Crippen LogP contribution < -0.4 is 5.73 Å². The molecule has 0 aromatic carbocycles. The van der Waals surface area contributed by atoms with Crippen LogP contribution in [0.4, 0.5) is 4.79 Å². The maximum absolute atomic E-state index is 11.6. The van der Waals surface area contributed by atoms with Crippen LogP contribution in [0.2, 0.25) is 0 Å². The molecule has 3 atom stereocenters. The molecule has 3 unspecified atom stereocenters. The average molecular weight is 274 g/mol. The van der Waals surface area contributed by atoms with E-state index in [2.05, 4.69) is 0 Å². The number of amides is 1. The number of hydrogen-bond donors (Lipinski definition) is 2. The first-order chi connectivity index (χ1) is 8.43. The summed E-state index contributed by atoms with van der Waals surface area (Å²) < 4.78 is 6.14. The van der Waals surface area contributed by atoms with Crippen LogP contribution in [0.3, 0.4) is 0 Å². The lowest BCUT2D eigenvalue weighted by molar-refractivity contribution is -0.139. The molecule has 100 valence electrons. The fraction of sp³-hybridized carbons (Fsp3) is 0.600. The number of rotatable bonds is 2. The Hall–Kier alpha value is -1.41. The van der Waals surface area contributed by atoms with Gasteiger partial charge in [0.2, 0.25) is 0 Å². The lowest BCUT2D eigenvalue weighted by Crippen LogP contribution is -2.68. The van der Waals surface area contributed by atoms with E-state index in [-0.39, 0.29) is 18.6 Å². The Labute approximate surface area is 106 Å². The van der Waals surface area contributed by atoms with Crippen molar-refractivity contribution in [1.82, 2.24) is 4.31 Å². The van der Waals surface area contributed by atoms with Gasteiger partial charge in [0.15, 0.2) is 0 Å². The topological polar surface area (TPSA) is 110 Å². The number of esters is 1. The summed E-state index contributed by atoms with van der Waals surface area (Å²) >= 11 is 0. The number of nitrogens with two attached hydrogens (primary N) is 1. The van der Waals surface area contributed by atoms with E-state index in [9.17, 15) is 19.5 Å². The van der Waals surface area contributed by atoms with Crippen molar-refractivity contribution in [3.05, 3.63) is 0 Å². The van der Waals surface area contributed by atoms with Crippen LogP contribution in [0.15, 0.2) is 0 Å². The molecule has 0 aromatic heterocycles. The summed E-state index contributed by atoms with van der Waals surface area (Å²) in [5.41, 5.74) is 5.63. The number of nitrogens with zero attached hydrogens (tertiary/aromatic N) is 1. The van der Waals surface area contributed by atoms with Crippen LogP contribution in [-0.2, 0) is 14.3 Å². The van der Waals surface area contributed by atoms with Crippen LogP contribution in [0.1, 0.15) is 19.8 Å². The number of hydrogen-bond acceptors (Lipinski definition) is 5. The molecule has 2 aliphatic heterocycles. The smallest absolute Gasteiger partial charge is 0.378 e. The lowest BCUT2D eigenvalue weighted by atomic mass is 9.94. The summed E-state index contributed by atoms with van der Waals surface area (Å²) in [5.74, 6) is -0.809. The molecule has 7 nitrogen and oxygen atoms in total. The molecule has 0 saturated carbocycles. The van der Waals surface area contributed by atoms with E-state index in [0.717, 1.165) is 0 Å². The number of carbonyl (C=O) groups excluding carboxylic acids is 2. The molecule has 2 heterocycles. The van der Waals surface area contributed by atoms with Gasteiger partial charge in [0, 0.05) is 22.5 Å². The largest absolute Gasteiger partial charge is 0.472 e. The molecule has 0 aromatic rings. The predicted octanol–water partition coefficient (Wildman–Crippen LogP) is -0.0843. The monoisotopic (exact) mass is 274 g/mol. The molecule has 3 N–H and O–H groups in total. The van der Waals surface area contributed by atoms with E-state index < -0.39 is 28.0 Å². The number of carboxylic acid groups (broad SMARTS) is 1. The Morgan fingerprint density at radius 3 is 2.83 bits per heavy atom. The van der Waals surface area contributed by atoms with Crippen LogP contribution in [0.25, 0.3) is 0 Å². The fourth-order valence-electron chi connectivity index (χ4n) is 2.12. The first-order valence-electron chi connectivity index (χ1n) is 5.47. The Balaban J connectivity index is 2.26. The Bertz CT molecular complexity index is 461. The second-order valence-electron chi connectivity index (χ2n) is 4.17. The molecule has 0 spiro atoms. The molecule has 2 aliphatic rings. The minimum absolute atomic E-state index is 0.0452. The number of fused-ring (bicyclic) bond motifs is 1. The second kappa shape index (κ2) is 4.69. The standard InChI is InChI=1S/C10H14N2O5S/c1-5(13)17-4-6-2-3-7-8(11)9(14)12(7)18(6)10(15)16/h7-8H,2-4,11H2,1H3,(H,15,16). The van der Waals surface area contributed by atoms with Gasteiger partial charge in [-0.2, -0.15) is 0 Å². The van der Waals surface area contributed by atoms with Gasteiger partial charge in [-0.25, -0.2) is 4.79 Å². The van der Waals surface area contributed by atoms with E-state index in [1.165, 1.54) is 11.2 Å². The first-order valence-corrected chi connectivity index (χ1v) is 6.65. The maximum Gasteiger partial charge on any atom is 0.378 e. The van der Waals surface area contributed by atoms with E-state index in [4.69, 9.17) is 10.5 Å². The minimum Gasteiger partial charge on any atom is -0.472 e. The third-order valence-electron chi connectivity index (χ3n) is 3.01. The lowest BCUT2D eigenvalue weighted by Gasteiger charge is -2.48. The molecule has 1 amide bonds. The third kappa shape index (κ3) is 2.01. The quantitative estimate of drug-likeness (QED) is 0.414. The summed E-state index contributed by atoms with van der Waals surface area (Å²) in [6, 6.07) is -0.785. The van der Waals surface area contributed by atoms with Crippen molar-refractivity contribution >= 4 is 32.7 Å². The molecule has 1 saturated heterocycles. The number of ether oxygens (including phenoxy) is 1. The van der Waals surface area contributed by atoms with Crippen LogP contribution in [0.5, 0.6) is 0 Å². The molecule has 0 aliphatic carbocycles. The van der Waals surface area contributed by atoms with E-state index in [1.54, 1.807) is 0 Å². The van der Waals surface area contributed by atoms with Crippen molar-refractivity contribution in [3.63, 3.8) is 0 Å². The van der Waals surface area contributed by atoms with Gasteiger partial charge >= 0.3 is 11.3 Å². The molecule has 1 fully saturated rings. The second-order valence-corrected chi connectivity index (χ2v) is 6.05. The maximum atomic E-state index is 11.6. The predicted molar refractivity (Wildman–Crippen MR) is 65.1 cm³/mol. The molecular weight excluding hydrogens is 260 g/mol. The minimum atomic E-state index is -1.33. The summed E-state index contributed by atoms with van der Waals surface area (Å²) in [4.78, 5) is 34.2. The summed E-state index contributed by atoms with van der Waals surface area (Å²) in [6.07, 6.45) is 1.14. The fourth-order valence-corrected chi connectivity index (χ4v) is 4.11. The highest BCUT2D eigenvalue weighted by Crippen LogP contribution is 2.41. The van der Waals surface area contributed by atoms with E-state index >= 15 is 0 Å². The number of carbonyl (C=O) groups is 3. The highest BCUT2D eigenvalue weighted by Gasteiger charge is 2.50. The van der Waals surface area contributed by atoms with Gasteiger partial charge < -0.3 is 15.6 Å². The van der Waals surface area contributed by atoms with Crippen LogP contribution in [0, 0.1) is 0 Å². The zero-order valence-electron chi connectivity index (χ0n) is 9.79. The van der Waals surface area contributed by atoms with Gasteiger partial charge in [-0.3, -0.25) is 13.9 Å². The summed E-state index contributed by atoms with van der Waals surface area (Å²) in [7, 11) is -1.33. The van der Waals surface area contributed by atoms with Crippen molar-refractivity contribution < 1.29 is 24.2 Å². The normalized spacial score (nSPS) is 30.6. The van der Waals surface area contributed by atoms with Gasteiger partial charge in [-0.05, 0) is 12.8 Å². The van der Waals surface area contributed by atoms with Gasteiger partial charge in [0.25, 0.3) is 5.91 Å². The highest BCUT2D eigenvalue weighted by molar-refractivity contribution is 8.26. The average Bonchev–Trinajstić information content (AvgIpc) is 2.33. The molecule has 2 rings (SSSR count). The Morgan fingerprint density at radius 2 is 2.28 bits per heavy atom. The van der Waals surface area contributed by atoms with Gasteiger partial charge in [0.1, 0.15) is 12.6 Å². The zero-order chi connectivity index (χ0) is 13.4. The molecular formula is C10H14N2O5S. The van der Waals surface area contributed by atoms with Crippen LogP contribution >= 0.6 is 10.7 Å². The van der Waals surface area contributed by atoms with Crippen molar-refractivity contribution in [2.24, 2.45) is 5.73 Å². The molecule has 0 radical (unpaired) electrons. The molecule has 0 bridgehead atoms. The summed E-state index contributed by atoms with van der Waals surface area (Å²) in [6.45, 7) is 1.21.